The van der Waals surface area contributed by atoms with Gasteiger partial charge in [0.1, 0.15) is 0 Å². The van der Waals surface area contributed by atoms with Gasteiger partial charge in [-0.2, -0.15) is 13.2 Å². The first-order valence-corrected chi connectivity index (χ1v) is 4.91. The maximum absolute atomic E-state index is 11.8. The summed E-state index contributed by atoms with van der Waals surface area (Å²) in [6, 6.07) is 0. The number of aliphatic hydroxyl groups excluding tert-OH is 1. The lowest BCUT2D eigenvalue weighted by Crippen LogP contribution is -2.24. The minimum Gasteiger partial charge on any atom is -0.396 e. The molecule has 84 valence electrons. The van der Waals surface area contributed by atoms with Gasteiger partial charge in [0.25, 0.3) is 0 Å². The van der Waals surface area contributed by atoms with Crippen molar-refractivity contribution in [1.29, 1.82) is 0 Å². The Labute approximate surface area is 81.7 Å². The molecular formula is C9H16F3NO. The molecule has 1 rings (SSSR count). The summed E-state index contributed by atoms with van der Waals surface area (Å²) in [6.07, 6.45) is -3.66. The molecule has 1 N–H and O–H groups in total. The fraction of sp³-hybridized carbons (Fsp3) is 1.00. The number of rotatable bonds is 4. The molecule has 1 atom stereocenters. The van der Waals surface area contributed by atoms with Crippen LogP contribution in [0.5, 0.6) is 0 Å². The highest BCUT2D eigenvalue weighted by Crippen LogP contribution is 2.22. The predicted octanol–water partition coefficient (Wildman–Crippen LogP) is 1.64. The number of hydrogen-bond acceptors (Lipinski definition) is 2. The van der Waals surface area contributed by atoms with Crippen molar-refractivity contribution in [3.05, 3.63) is 0 Å². The number of hydrogen-bond donors (Lipinski definition) is 1. The Morgan fingerprint density at radius 2 is 2.07 bits per heavy atom. The summed E-state index contributed by atoms with van der Waals surface area (Å²) in [5.41, 5.74) is 0. The Morgan fingerprint density at radius 3 is 2.57 bits per heavy atom. The molecule has 1 saturated heterocycles. The maximum atomic E-state index is 11.8. The third-order valence-electron chi connectivity index (χ3n) is 2.56. The fourth-order valence-corrected chi connectivity index (χ4v) is 1.77. The first-order chi connectivity index (χ1) is 6.51. The Bertz CT molecular complexity index is 172. The molecule has 5 heteroatoms. The second-order valence-electron chi connectivity index (χ2n) is 3.86. The summed E-state index contributed by atoms with van der Waals surface area (Å²) in [5.74, 6) is 0.265. The Kier molecular flexibility index (Phi) is 4.19. The van der Waals surface area contributed by atoms with E-state index in [0.29, 0.717) is 6.54 Å². The summed E-state index contributed by atoms with van der Waals surface area (Å²) in [5, 5.41) is 8.83. The van der Waals surface area contributed by atoms with E-state index in [1.165, 1.54) is 0 Å². The highest BCUT2D eigenvalue weighted by atomic mass is 19.4. The van der Waals surface area contributed by atoms with E-state index in [0.717, 1.165) is 19.5 Å². The van der Waals surface area contributed by atoms with Gasteiger partial charge in [0.2, 0.25) is 0 Å². The molecule has 2 nitrogen and oxygen atoms in total. The van der Waals surface area contributed by atoms with E-state index in [-0.39, 0.29) is 18.9 Å². The van der Waals surface area contributed by atoms with E-state index >= 15 is 0 Å². The van der Waals surface area contributed by atoms with E-state index in [4.69, 9.17) is 5.11 Å². The van der Waals surface area contributed by atoms with Crippen molar-refractivity contribution in [2.24, 2.45) is 5.92 Å². The smallest absolute Gasteiger partial charge is 0.389 e. The van der Waals surface area contributed by atoms with Crippen LogP contribution in [0.15, 0.2) is 0 Å². The summed E-state index contributed by atoms with van der Waals surface area (Å²) < 4.78 is 35.4. The molecule has 1 unspecified atom stereocenters. The third kappa shape index (κ3) is 4.28. The number of likely N-dealkylation sites (tertiary alicyclic amines) is 1. The van der Waals surface area contributed by atoms with Crippen molar-refractivity contribution in [2.75, 3.05) is 26.2 Å². The molecule has 0 bridgehead atoms. The lowest BCUT2D eigenvalue weighted by atomic mass is 10.1. The summed E-state index contributed by atoms with van der Waals surface area (Å²) in [6.45, 7) is 2.21. The van der Waals surface area contributed by atoms with Gasteiger partial charge in [0.15, 0.2) is 0 Å². The van der Waals surface area contributed by atoms with Crippen LogP contribution in [0.1, 0.15) is 19.3 Å². The van der Waals surface area contributed by atoms with Crippen molar-refractivity contribution < 1.29 is 18.3 Å². The van der Waals surface area contributed by atoms with Gasteiger partial charge < -0.3 is 10.0 Å². The van der Waals surface area contributed by atoms with Gasteiger partial charge in [-0.15, -0.1) is 0 Å². The lowest BCUT2D eigenvalue weighted by molar-refractivity contribution is -0.136. The van der Waals surface area contributed by atoms with Crippen LogP contribution < -0.4 is 0 Å². The molecule has 1 aliphatic heterocycles. The van der Waals surface area contributed by atoms with Crippen LogP contribution in [0, 0.1) is 5.92 Å². The molecule has 0 aromatic heterocycles. The van der Waals surface area contributed by atoms with Gasteiger partial charge in [0, 0.05) is 19.6 Å². The molecule has 0 aromatic rings. The van der Waals surface area contributed by atoms with E-state index in [2.05, 4.69) is 0 Å². The summed E-state index contributed by atoms with van der Waals surface area (Å²) in [7, 11) is 0. The molecular weight excluding hydrogens is 195 g/mol. The van der Waals surface area contributed by atoms with Gasteiger partial charge in [-0.1, -0.05) is 0 Å². The first-order valence-electron chi connectivity index (χ1n) is 4.91. The zero-order valence-corrected chi connectivity index (χ0v) is 8.06. The SMILES string of the molecule is OCC1CCN(CCCC(F)(F)F)C1. The fourth-order valence-electron chi connectivity index (χ4n) is 1.77. The zero-order chi connectivity index (χ0) is 10.6. The van der Waals surface area contributed by atoms with Gasteiger partial charge >= 0.3 is 6.18 Å². The first kappa shape index (κ1) is 11.8. The molecule has 0 spiro atoms. The predicted molar refractivity (Wildman–Crippen MR) is 46.9 cm³/mol. The molecule has 1 heterocycles. The monoisotopic (exact) mass is 211 g/mol. The molecule has 0 aromatic carbocycles. The highest BCUT2D eigenvalue weighted by molar-refractivity contribution is 4.74. The van der Waals surface area contributed by atoms with Crippen LogP contribution in [-0.4, -0.2) is 42.4 Å². The average Bonchev–Trinajstić information content (AvgIpc) is 2.50. The van der Waals surface area contributed by atoms with Gasteiger partial charge in [-0.05, 0) is 31.8 Å². The zero-order valence-electron chi connectivity index (χ0n) is 8.06. The third-order valence-corrected chi connectivity index (χ3v) is 2.56. The Hall–Kier alpha value is -0.290. The summed E-state index contributed by atoms with van der Waals surface area (Å²) >= 11 is 0. The molecule has 0 amide bonds. The standard InChI is InChI=1S/C9H16F3NO/c10-9(11,12)3-1-4-13-5-2-8(6-13)7-14/h8,14H,1-7H2. The van der Waals surface area contributed by atoms with E-state index < -0.39 is 12.6 Å². The van der Waals surface area contributed by atoms with Crippen LogP contribution in [0.4, 0.5) is 13.2 Å². The molecule has 1 fully saturated rings. The average molecular weight is 211 g/mol. The van der Waals surface area contributed by atoms with E-state index in [1.54, 1.807) is 0 Å². The second kappa shape index (κ2) is 4.98. The van der Waals surface area contributed by atoms with Crippen LogP contribution in [0.25, 0.3) is 0 Å². The quantitative estimate of drug-likeness (QED) is 0.764. The normalized spacial score (nSPS) is 24.4. The minimum atomic E-state index is -4.03. The molecule has 0 radical (unpaired) electrons. The number of halogens is 3. The number of alkyl halides is 3. The minimum absolute atomic E-state index is 0.149. The largest absolute Gasteiger partial charge is 0.396 e. The van der Waals surface area contributed by atoms with E-state index in [1.807, 2.05) is 4.90 Å². The summed E-state index contributed by atoms with van der Waals surface area (Å²) in [4.78, 5) is 1.99. The van der Waals surface area contributed by atoms with Crippen molar-refractivity contribution in [2.45, 2.75) is 25.4 Å². The lowest BCUT2D eigenvalue weighted by Gasteiger charge is -2.15. The molecule has 0 saturated carbocycles. The van der Waals surface area contributed by atoms with Crippen molar-refractivity contribution in [3.63, 3.8) is 0 Å². The molecule has 1 aliphatic rings. The van der Waals surface area contributed by atoms with Crippen LogP contribution >= 0.6 is 0 Å². The van der Waals surface area contributed by atoms with Crippen molar-refractivity contribution in [1.82, 2.24) is 4.90 Å². The number of aliphatic hydroxyl groups is 1. The van der Waals surface area contributed by atoms with Crippen LogP contribution in [-0.2, 0) is 0 Å². The van der Waals surface area contributed by atoms with E-state index in [9.17, 15) is 13.2 Å². The number of nitrogens with zero attached hydrogens (tertiary/aromatic N) is 1. The van der Waals surface area contributed by atoms with Gasteiger partial charge in [-0.3, -0.25) is 0 Å². The van der Waals surface area contributed by atoms with Crippen molar-refractivity contribution in [3.8, 4) is 0 Å². The maximum Gasteiger partial charge on any atom is 0.389 e. The molecule has 14 heavy (non-hydrogen) atoms. The molecule has 0 aliphatic carbocycles. The van der Waals surface area contributed by atoms with Gasteiger partial charge in [0.05, 0.1) is 0 Å². The van der Waals surface area contributed by atoms with Gasteiger partial charge in [-0.25, -0.2) is 0 Å². The van der Waals surface area contributed by atoms with Crippen LogP contribution in [0.2, 0.25) is 0 Å². The van der Waals surface area contributed by atoms with Crippen molar-refractivity contribution >= 4 is 0 Å². The van der Waals surface area contributed by atoms with Crippen LogP contribution in [0.3, 0.4) is 0 Å². The Balaban J connectivity index is 2.09. The Morgan fingerprint density at radius 1 is 1.36 bits per heavy atom. The topological polar surface area (TPSA) is 23.5 Å². The highest BCUT2D eigenvalue weighted by Gasteiger charge is 2.27. The second-order valence-corrected chi connectivity index (χ2v) is 3.86.